The molecule has 2 heterocycles. The third-order valence-electron chi connectivity index (χ3n) is 7.00. The van der Waals surface area contributed by atoms with E-state index in [2.05, 4.69) is 20.2 Å². The van der Waals surface area contributed by atoms with Crippen molar-refractivity contribution in [1.29, 1.82) is 0 Å². The molecule has 246 valence electrons. The van der Waals surface area contributed by atoms with Crippen LogP contribution in [0.1, 0.15) is 20.7 Å². The summed E-state index contributed by atoms with van der Waals surface area (Å²) in [5.74, 6) is -0.779. The van der Waals surface area contributed by atoms with Gasteiger partial charge in [0, 0.05) is 21.2 Å². The molecule has 0 saturated carbocycles. The third kappa shape index (κ3) is 7.80. The standard InChI is InChI=1S/C36H24Cl2N8O2S2/c37-25-9-7-15-29(21-25)39-33-43-45(35(49-33)41-27-11-3-1-4-12-27)31(47)23-17-19-24(20-18-23)32(48)46-36(42-28-13-5-2-6-14-28)50-34(44-46)40-30-16-8-10-26(38)22-30/h1-22H,(H,39,43)(H,40,44). The highest BCUT2D eigenvalue weighted by Gasteiger charge is 2.16. The van der Waals surface area contributed by atoms with Crippen LogP contribution in [0.3, 0.4) is 0 Å². The van der Waals surface area contributed by atoms with E-state index in [0.717, 1.165) is 0 Å². The van der Waals surface area contributed by atoms with Crippen LogP contribution < -0.4 is 19.2 Å². The topological polar surface area (TPSA) is 125 Å². The Kier molecular flexibility index (Phi) is 9.76. The molecule has 50 heavy (non-hydrogen) atoms. The zero-order chi connectivity index (χ0) is 34.5. The van der Waals surface area contributed by atoms with Gasteiger partial charge in [-0.1, -0.05) is 94.4 Å². The predicted molar refractivity (Wildman–Crippen MR) is 196 cm³/mol. The maximum atomic E-state index is 13.9. The average molecular weight is 736 g/mol. The van der Waals surface area contributed by atoms with Gasteiger partial charge in [-0.25, -0.2) is 20.0 Å². The number of aromatic nitrogens is 4. The Morgan fingerprint density at radius 2 is 0.860 bits per heavy atom. The summed E-state index contributed by atoms with van der Waals surface area (Å²) in [4.78, 5) is 48.0. The van der Waals surface area contributed by atoms with Crippen LogP contribution in [-0.2, 0) is 0 Å². The van der Waals surface area contributed by atoms with Gasteiger partial charge in [-0.15, -0.1) is 0 Å². The van der Waals surface area contributed by atoms with Gasteiger partial charge in [-0.3, -0.25) is 19.8 Å². The van der Waals surface area contributed by atoms with Crippen molar-refractivity contribution in [2.75, 3.05) is 0 Å². The molecule has 0 fully saturated rings. The molecular formula is C36H24Cl2N8O2S2. The second kappa shape index (κ2) is 14.8. The lowest BCUT2D eigenvalue weighted by Gasteiger charge is -2.05. The summed E-state index contributed by atoms with van der Waals surface area (Å²) < 4.78 is 2.67. The summed E-state index contributed by atoms with van der Waals surface area (Å²) >= 11 is 14.7. The fraction of sp³-hybridized carbons (Fsp3) is 0. The van der Waals surface area contributed by atoms with Gasteiger partial charge in [0.2, 0.25) is 19.2 Å². The van der Waals surface area contributed by atoms with E-state index in [1.807, 2.05) is 72.8 Å². The number of carbonyl (C=O) groups excluding carboxylic acids is 2. The molecule has 0 bridgehead atoms. The van der Waals surface area contributed by atoms with Crippen molar-refractivity contribution in [2.24, 2.45) is 20.0 Å². The molecule has 5 aromatic carbocycles. The molecule has 14 heteroatoms. The zero-order valence-electron chi connectivity index (χ0n) is 25.8. The lowest BCUT2D eigenvalue weighted by Crippen LogP contribution is -2.27. The highest BCUT2D eigenvalue weighted by molar-refractivity contribution is 7.06. The Balaban J connectivity index is 1.25. The second-order valence-corrected chi connectivity index (χ2v) is 13.3. The van der Waals surface area contributed by atoms with Crippen molar-refractivity contribution in [1.82, 2.24) is 19.6 Å². The summed E-state index contributed by atoms with van der Waals surface area (Å²) in [5, 5.41) is 7.22. The maximum Gasteiger partial charge on any atom is 0.279 e. The number of carbonyl (C=O) groups is 2. The largest absolute Gasteiger partial charge is 0.279 e. The molecule has 0 saturated heterocycles. The number of aromatic amines is 2. The number of para-hydroxylation sites is 2. The molecule has 0 aliphatic heterocycles. The van der Waals surface area contributed by atoms with Crippen molar-refractivity contribution >= 4 is 80.4 Å². The van der Waals surface area contributed by atoms with Gasteiger partial charge in [0.05, 0.1) is 22.7 Å². The van der Waals surface area contributed by atoms with Gasteiger partial charge in [0.25, 0.3) is 11.8 Å². The Hall–Kier alpha value is -5.66. The molecule has 0 radical (unpaired) electrons. The molecule has 0 unspecified atom stereocenters. The molecule has 7 rings (SSSR count). The van der Waals surface area contributed by atoms with E-state index in [0.29, 0.717) is 63.1 Å². The van der Waals surface area contributed by atoms with Gasteiger partial charge in [0.1, 0.15) is 0 Å². The van der Waals surface area contributed by atoms with Crippen LogP contribution >= 0.6 is 45.9 Å². The quantitative estimate of drug-likeness (QED) is 0.182. The lowest BCUT2D eigenvalue weighted by atomic mass is 10.1. The number of benzene rings is 5. The van der Waals surface area contributed by atoms with Crippen molar-refractivity contribution in [3.05, 3.63) is 174 Å². The van der Waals surface area contributed by atoms with Crippen LogP contribution in [-0.4, -0.2) is 31.4 Å². The smallest absolute Gasteiger partial charge is 0.267 e. The number of hydrogen-bond acceptors (Lipinski definition) is 8. The fourth-order valence-electron chi connectivity index (χ4n) is 4.68. The van der Waals surface area contributed by atoms with E-state index >= 15 is 0 Å². The van der Waals surface area contributed by atoms with Crippen LogP contribution in [0, 0.1) is 0 Å². The number of H-pyrrole nitrogens is 2. The number of hydrogen-bond donors (Lipinski definition) is 2. The van der Waals surface area contributed by atoms with E-state index in [9.17, 15) is 9.59 Å². The zero-order valence-corrected chi connectivity index (χ0v) is 28.9. The van der Waals surface area contributed by atoms with E-state index in [1.54, 1.807) is 60.7 Å². The van der Waals surface area contributed by atoms with Gasteiger partial charge in [-0.2, -0.15) is 9.36 Å². The summed E-state index contributed by atoms with van der Waals surface area (Å²) in [5.41, 5.74) is 3.22. The summed E-state index contributed by atoms with van der Waals surface area (Å²) in [6.45, 7) is 0. The first-order valence-electron chi connectivity index (χ1n) is 15.0. The number of rotatable bonds is 6. The minimum absolute atomic E-state index is 0.324. The molecule has 0 amide bonds. The van der Waals surface area contributed by atoms with E-state index < -0.39 is 0 Å². The Labute approximate surface area is 302 Å². The molecule has 7 aromatic rings. The van der Waals surface area contributed by atoms with E-state index in [1.165, 1.54) is 32.0 Å². The van der Waals surface area contributed by atoms with Crippen LogP contribution in [0.5, 0.6) is 0 Å². The Bertz CT molecular complexity index is 2430. The number of nitrogens with one attached hydrogen (secondary N) is 2. The molecule has 0 atom stereocenters. The summed E-state index contributed by atoms with van der Waals surface area (Å²) in [6.07, 6.45) is 0. The second-order valence-electron chi connectivity index (χ2n) is 10.5. The minimum Gasteiger partial charge on any atom is -0.267 e. The molecule has 0 aliphatic rings. The van der Waals surface area contributed by atoms with Crippen molar-refractivity contribution in [2.45, 2.75) is 0 Å². The highest BCUT2D eigenvalue weighted by Crippen LogP contribution is 2.18. The molecule has 10 nitrogen and oxygen atoms in total. The average Bonchev–Trinajstić information content (AvgIpc) is 3.71. The molecular weight excluding hydrogens is 711 g/mol. The first-order chi connectivity index (χ1) is 24.4. The monoisotopic (exact) mass is 734 g/mol. The van der Waals surface area contributed by atoms with E-state index in [-0.39, 0.29) is 11.8 Å². The number of halogens is 2. The normalized spacial score (nSPS) is 12.8. The SMILES string of the molecule is O=C(c1ccc(C(=O)n2[nH]c(=Nc3cccc(Cl)c3)sc2=Nc2ccccc2)cc1)n1[nH]c(=Nc2cccc(Cl)c2)sc1=Nc1ccccc1. The summed E-state index contributed by atoms with van der Waals surface area (Å²) in [6, 6.07) is 39.2. The van der Waals surface area contributed by atoms with E-state index in [4.69, 9.17) is 33.2 Å². The van der Waals surface area contributed by atoms with Crippen LogP contribution in [0.15, 0.2) is 153 Å². The Morgan fingerprint density at radius 3 is 1.24 bits per heavy atom. The fourth-order valence-corrected chi connectivity index (χ4v) is 6.71. The van der Waals surface area contributed by atoms with Crippen molar-refractivity contribution in [3.63, 3.8) is 0 Å². The third-order valence-corrected chi connectivity index (χ3v) is 9.13. The first-order valence-corrected chi connectivity index (χ1v) is 17.4. The van der Waals surface area contributed by atoms with Crippen molar-refractivity contribution < 1.29 is 9.59 Å². The predicted octanol–water partition coefficient (Wildman–Crippen LogP) is 7.68. The lowest BCUT2D eigenvalue weighted by molar-refractivity contribution is 0.0928. The molecule has 0 spiro atoms. The minimum atomic E-state index is -0.389. The van der Waals surface area contributed by atoms with Gasteiger partial charge in [0.15, 0.2) is 0 Å². The van der Waals surface area contributed by atoms with Gasteiger partial charge in [-0.05, 0) is 84.9 Å². The molecule has 0 aliphatic carbocycles. The molecule has 2 N–H and O–H groups in total. The molecule has 2 aromatic heterocycles. The highest BCUT2D eigenvalue weighted by atomic mass is 35.5. The van der Waals surface area contributed by atoms with Crippen molar-refractivity contribution in [3.8, 4) is 0 Å². The van der Waals surface area contributed by atoms with Gasteiger partial charge < -0.3 is 0 Å². The van der Waals surface area contributed by atoms with Gasteiger partial charge >= 0.3 is 0 Å². The first kappa shape index (κ1) is 32.9. The Morgan fingerprint density at radius 1 is 0.480 bits per heavy atom. The number of nitrogens with zero attached hydrogens (tertiary/aromatic N) is 6. The van der Waals surface area contributed by atoms with Crippen LogP contribution in [0.25, 0.3) is 0 Å². The summed E-state index contributed by atoms with van der Waals surface area (Å²) in [7, 11) is 0. The van der Waals surface area contributed by atoms with Crippen LogP contribution in [0.2, 0.25) is 10.0 Å². The maximum absolute atomic E-state index is 13.9. The van der Waals surface area contributed by atoms with Crippen LogP contribution in [0.4, 0.5) is 22.7 Å².